The van der Waals surface area contributed by atoms with E-state index in [9.17, 15) is 4.79 Å². The van der Waals surface area contributed by atoms with Crippen molar-refractivity contribution in [3.63, 3.8) is 0 Å². The van der Waals surface area contributed by atoms with Crippen LogP contribution in [-0.4, -0.2) is 11.1 Å². The molecular weight excluding hydrogens is 212 g/mol. The van der Waals surface area contributed by atoms with Crippen molar-refractivity contribution in [2.24, 2.45) is 11.8 Å². The molecule has 2 bridgehead atoms. The van der Waals surface area contributed by atoms with Gasteiger partial charge in [0.25, 0.3) is 0 Å². The highest BCUT2D eigenvalue weighted by molar-refractivity contribution is 5.81. The number of benzene rings is 1. The van der Waals surface area contributed by atoms with Crippen LogP contribution < -0.4 is 0 Å². The molecule has 0 heterocycles. The molecular formula is C15H16O2. The molecule has 0 spiro atoms. The molecule has 1 fully saturated rings. The van der Waals surface area contributed by atoms with Crippen LogP contribution in [0.2, 0.25) is 0 Å². The number of carbonyl (C=O) groups is 1. The van der Waals surface area contributed by atoms with Crippen LogP contribution in [0.25, 0.3) is 0 Å². The molecule has 2 aliphatic carbocycles. The smallest absolute Gasteiger partial charge is 0.328 e. The lowest BCUT2D eigenvalue weighted by atomic mass is 9.94. The predicted molar refractivity (Wildman–Crippen MR) is 65.8 cm³/mol. The third-order valence-corrected chi connectivity index (χ3v) is 4.15. The quantitative estimate of drug-likeness (QED) is 0.750. The molecule has 1 N–H and O–H groups in total. The number of carboxylic acids is 1. The SMILES string of the molecule is O=C(O)C=C1C2CCC1Cc1ccccc1C2. The van der Waals surface area contributed by atoms with E-state index in [1.54, 1.807) is 0 Å². The Morgan fingerprint density at radius 3 is 2.12 bits per heavy atom. The molecule has 2 heteroatoms. The lowest BCUT2D eigenvalue weighted by Crippen LogP contribution is -2.05. The molecule has 2 aliphatic rings. The fourth-order valence-corrected chi connectivity index (χ4v) is 3.37. The number of rotatable bonds is 1. The van der Waals surface area contributed by atoms with Gasteiger partial charge in [0.1, 0.15) is 0 Å². The molecule has 2 nitrogen and oxygen atoms in total. The van der Waals surface area contributed by atoms with Crippen molar-refractivity contribution in [1.82, 2.24) is 0 Å². The van der Waals surface area contributed by atoms with Crippen molar-refractivity contribution in [2.45, 2.75) is 25.7 Å². The summed E-state index contributed by atoms with van der Waals surface area (Å²) in [5.41, 5.74) is 4.00. The molecule has 2 unspecified atom stereocenters. The topological polar surface area (TPSA) is 37.3 Å². The molecule has 1 saturated carbocycles. The normalized spacial score (nSPS) is 26.2. The second kappa shape index (κ2) is 4.02. The van der Waals surface area contributed by atoms with E-state index >= 15 is 0 Å². The monoisotopic (exact) mass is 228 g/mol. The first kappa shape index (κ1) is 10.6. The molecule has 0 saturated heterocycles. The van der Waals surface area contributed by atoms with E-state index in [0.717, 1.165) is 25.7 Å². The van der Waals surface area contributed by atoms with Crippen LogP contribution >= 0.6 is 0 Å². The molecule has 0 aromatic heterocycles. The zero-order chi connectivity index (χ0) is 11.8. The first-order valence-corrected chi connectivity index (χ1v) is 6.25. The maximum atomic E-state index is 10.9. The molecule has 88 valence electrons. The molecule has 0 amide bonds. The zero-order valence-electron chi connectivity index (χ0n) is 9.73. The average molecular weight is 228 g/mol. The van der Waals surface area contributed by atoms with E-state index in [2.05, 4.69) is 24.3 Å². The second-order valence-electron chi connectivity index (χ2n) is 5.13. The van der Waals surface area contributed by atoms with E-state index in [0.29, 0.717) is 11.8 Å². The molecule has 2 atom stereocenters. The summed E-state index contributed by atoms with van der Waals surface area (Å²) in [4.78, 5) is 10.9. The first-order chi connectivity index (χ1) is 8.24. The van der Waals surface area contributed by atoms with Gasteiger partial charge in [-0.05, 0) is 48.6 Å². The zero-order valence-corrected chi connectivity index (χ0v) is 9.73. The van der Waals surface area contributed by atoms with Crippen LogP contribution in [0.3, 0.4) is 0 Å². The van der Waals surface area contributed by atoms with Gasteiger partial charge < -0.3 is 5.11 Å². The van der Waals surface area contributed by atoms with Gasteiger partial charge in [0, 0.05) is 6.08 Å². The number of fused-ring (bicyclic) bond motifs is 3. The summed E-state index contributed by atoms with van der Waals surface area (Å²) in [6.45, 7) is 0. The Bertz CT molecular complexity index is 452. The molecule has 0 radical (unpaired) electrons. The maximum absolute atomic E-state index is 10.9. The van der Waals surface area contributed by atoms with Gasteiger partial charge in [-0.1, -0.05) is 29.8 Å². The Labute approximate surface area is 101 Å². The van der Waals surface area contributed by atoms with Gasteiger partial charge in [0.05, 0.1) is 0 Å². The van der Waals surface area contributed by atoms with Gasteiger partial charge in [-0.3, -0.25) is 0 Å². The van der Waals surface area contributed by atoms with Crippen molar-refractivity contribution in [3.8, 4) is 0 Å². The van der Waals surface area contributed by atoms with Gasteiger partial charge in [-0.15, -0.1) is 0 Å². The molecule has 17 heavy (non-hydrogen) atoms. The van der Waals surface area contributed by atoms with E-state index in [1.165, 1.54) is 22.8 Å². The van der Waals surface area contributed by atoms with Crippen molar-refractivity contribution in [1.29, 1.82) is 0 Å². The fraction of sp³-hybridized carbons (Fsp3) is 0.400. The maximum Gasteiger partial charge on any atom is 0.328 e. The highest BCUT2D eigenvalue weighted by atomic mass is 16.4. The summed E-state index contributed by atoms with van der Waals surface area (Å²) < 4.78 is 0. The second-order valence-corrected chi connectivity index (χ2v) is 5.13. The number of hydrogen-bond acceptors (Lipinski definition) is 1. The number of carboxylic acid groups (broad SMARTS) is 1. The lowest BCUT2D eigenvalue weighted by molar-refractivity contribution is -0.131. The van der Waals surface area contributed by atoms with Gasteiger partial charge in [-0.2, -0.15) is 0 Å². The summed E-state index contributed by atoms with van der Waals surface area (Å²) >= 11 is 0. The highest BCUT2D eigenvalue weighted by Crippen LogP contribution is 2.43. The Morgan fingerprint density at radius 1 is 1.12 bits per heavy atom. The Balaban J connectivity index is 2.00. The number of allylic oxidation sites excluding steroid dienone is 1. The van der Waals surface area contributed by atoms with Crippen molar-refractivity contribution in [2.75, 3.05) is 0 Å². The summed E-state index contributed by atoms with van der Waals surface area (Å²) in [6, 6.07) is 8.54. The van der Waals surface area contributed by atoms with E-state index < -0.39 is 5.97 Å². The third kappa shape index (κ3) is 1.88. The lowest BCUT2D eigenvalue weighted by Gasteiger charge is -2.11. The number of aliphatic carboxylic acids is 1. The molecule has 1 aromatic rings. The summed E-state index contributed by atoms with van der Waals surface area (Å²) in [6.07, 6.45) is 5.81. The van der Waals surface area contributed by atoms with E-state index in [4.69, 9.17) is 5.11 Å². The van der Waals surface area contributed by atoms with Gasteiger partial charge in [-0.25, -0.2) is 4.79 Å². The Hall–Kier alpha value is -1.57. The predicted octanol–water partition coefficient (Wildman–Crippen LogP) is 2.82. The molecule has 0 aliphatic heterocycles. The van der Waals surface area contributed by atoms with Crippen LogP contribution in [0.5, 0.6) is 0 Å². The minimum Gasteiger partial charge on any atom is -0.478 e. The average Bonchev–Trinajstić information content (AvgIpc) is 2.55. The van der Waals surface area contributed by atoms with Crippen LogP contribution in [0, 0.1) is 11.8 Å². The first-order valence-electron chi connectivity index (χ1n) is 6.25. The molecule has 3 rings (SSSR count). The van der Waals surface area contributed by atoms with Gasteiger partial charge in [0.2, 0.25) is 0 Å². The van der Waals surface area contributed by atoms with Gasteiger partial charge in [0.15, 0.2) is 0 Å². The van der Waals surface area contributed by atoms with E-state index in [1.807, 2.05) is 0 Å². The summed E-state index contributed by atoms with van der Waals surface area (Å²) in [7, 11) is 0. The number of hydrogen-bond donors (Lipinski definition) is 1. The minimum atomic E-state index is -0.789. The summed E-state index contributed by atoms with van der Waals surface area (Å²) in [5.74, 6) is 0.127. The minimum absolute atomic E-state index is 0.458. The Morgan fingerprint density at radius 2 is 1.65 bits per heavy atom. The standard InChI is InChI=1S/C15H16O2/c16-15(17)9-14-12-5-6-13(14)8-11-4-2-1-3-10(11)7-12/h1-4,9,12-13H,5-8H2,(H,16,17). The third-order valence-electron chi connectivity index (χ3n) is 4.15. The van der Waals surface area contributed by atoms with E-state index in [-0.39, 0.29) is 0 Å². The summed E-state index contributed by atoms with van der Waals surface area (Å²) in [5, 5.41) is 8.96. The largest absolute Gasteiger partial charge is 0.478 e. The Kier molecular flexibility index (Phi) is 2.50. The van der Waals surface area contributed by atoms with Crippen molar-refractivity contribution < 1.29 is 9.90 Å². The molecule has 1 aromatic carbocycles. The van der Waals surface area contributed by atoms with Gasteiger partial charge >= 0.3 is 5.97 Å². The van der Waals surface area contributed by atoms with Crippen molar-refractivity contribution in [3.05, 3.63) is 47.0 Å². The fourth-order valence-electron chi connectivity index (χ4n) is 3.37. The van der Waals surface area contributed by atoms with Crippen molar-refractivity contribution >= 4 is 5.97 Å². The van der Waals surface area contributed by atoms with Crippen LogP contribution in [0.15, 0.2) is 35.9 Å². The van der Waals surface area contributed by atoms with Crippen LogP contribution in [0.4, 0.5) is 0 Å². The van der Waals surface area contributed by atoms with Crippen LogP contribution in [0.1, 0.15) is 24.0 Å². The highest BCUT2D eigenvalue weighted by Gasteiger charge is 2.34. The van der Waals surface area contributed by atoms with Crippen LogP contribution in [-0.2, 0) is 17.6 Å².